The molecular formula is C17H21ClN2O. The van der Waals surface area contributed by atoms with Gasteiger partial charge in [0, 0.05) is 22.8 Å². The third-order valence-corrected chi connectivity index (χ3v) is 3.57. The van der Waals surface area contributed by atoms with Crippen LogP contribution in [0.15, 0.2) is 24.3 Å². The average Bonchev–Trinajstić information content (AvgIpc) is 2.41. The number of benzene rings is 1. The molecule has 4 heteroatoms. The van der Waals surface area contributed by atoms with Crippen LogP contribution in [0.25, 0.3) is 0 Å². The van der Waals surface area contributed by atoms with Gasteiger partial charge >= 0.3 is 0 Å². The fourth-order valence-electron chi connectivity index (χ4n) is 2.21. The minimum atomic E-state index is 0.666. The van der Waals surface area contributed by atoms with Gasteiger partial charge in [0.1, 0.15) is 5.75 Å². The molecule has 2 rings (SSSR count). The van der Waals surface area contributed by atoms with Gasteiger partial charge in [-0.05, 0) is 62.7 Å². The van der Waals surface area contributed by atoms with Gasteiger partial charge in [-0.25, -0.2) is 4.98 Å². The number of ether oxygens (including phenoxy) is 1. The molecule has 3 nitrogen and oxygen atoms in total. The summed E-state index contributed by atoms with van der Waals surface area (Å²) in [5.41, 5.74) is 4.23. The molecule has 2 aromatic rings. The van der Waals surface area contributed by atoms with Gasteiger partial charge in [0.2, 0.25) is 5.88 Å². The molecule has 112 valence electrons. The van der Waals surface area contributed by atoms with Gasteiger partial charge in [0.25, 0.3) is 0 Å². The first-order valence-electron chi connectivity index (χ1n) is 7.13. The van der Waals surface area contributed by atoms with E-state index in [0.717, 1.165) is 35.7 Å². The summed E-state index contributed by atoms with van der Waals surface area (Å²) in [5.74, 6) is 1.45. The Kier molecular flexibility index (Phi) is 5.21. The highest BCUT2D eigenvalue weighted by Gasteiger charge is 2.12. The second-order valence-corrected chi connectivity index (χ2v) is 5.59. The molecule has 0 aliphatic rings. The number of aryl methyl sites for hydroxylation is 3. The van der Waals surface area contributed by atoms with Crippen molar-refractivity contribution in [3.8, 4) is 11.6 Å². The van der Waals surface area contributed by atoms with Crippen LogP contribution in [-0.4, -0.2) is 11.5 Å². The number of hydrogen-bond acceptors (Lipinski definition) is 3. The van der Waals surface area contributed by atoms with Crippen molar-refractivity contribution in [2.45, 2.75) is 34.2 Å². The summed E-state index contributed by atoms with van der Waals surface area (Å²) in [5, 5.41) is 4.04. The molecule has 0 saturated carbocycles. The summed E-state index contributed by atoms with van der Waals surface area (Å²) < 4.78 is 6.04. The summed E-state index contributed by atoms with van der Waals surface area (Å²) in [7, 11) is 0. The summed E-state index contributed by atoms with van der Waals surface area (Å²) in [6.45, 7) is 9.79. The van der Waals surface area contributed by atoms with Gasteiger partial charge in [0.05, 0.1) is 0 Å². The molecule has 1 aromatic carbocycles. The Hall–Kier alpha value is -1.58. The van der Waals surface area contributed by atoms with E-state index in [1.54, 1.807) is 0 Å². The maximum atomic E-state index is 6.04. The molecule has 0 amide bonds. The van der Waals surface area contributed by atoms with Crippen LogP contribution in [-0.2, 0) is 6.54 Å². The number of hydrogen-bond donors (Lipinski definition) is 1. The van der Waals surface area contributed by atoms with E-state index in [0.29, 0.717) is 10.9 Å². The van der Waals surface area contributed by atoms with Crippen LogP contribution >= 0.6 is 11.6 Å². The first-order chi connectivity index (χ1) is 10.0. The van der Waals surface area contributed by atoms with E-state index in [9.17, 15) is 0 Å². The highest BCUT2D eigenvalue weighted by molar-refractivity contribution is 6.30. The molecule has 1 aromatic heterocycles. The van der Waals surface area contributed by atoms with Crippen LogP contribution in [0.2, 0.25) is 5.02 Å². The van der Waals surface area contributed by atoms with Gasteiger partial charge in [-0.15, -0.1) is 0 Å². The molecule has 0 radical (unpaired) electrons. The Morgan fingerprint density at radius 3 is 2.57 bits per heavy atom. The lowest BCUT2D eigenvalue weighted by molar-refractivity contribution is 0.448. The van der Waals surface area contributed by atoms with Crippen LogP contribution in [0.1, 0.15) is 29.3 Å². The summed E-state index contributed by atoms with van der Waals surface area (Å²) in [6, 6.07) is 7.68. The number of pyridine rings is 1. The van der Waals surface area contributed by atoms with Crippen molar-refractivity contribution >= 4 is 11.6 Å². The predicted octanol–water partition coefficient (Wildman–Crippen LogP) is 4.56. The third kappa shape index (κ3) is 3.96. The number of rotatable bonds is 5. The van der Waals surface area contributed by atoms with Crippen LogP contribution in [0.3, 0.4) is 0 Å². The Balaban J connectivity index is 2.37. The fraction of sp³-hybridized carbons (Fsp3) is 0.353. The zero-order chi connectivity index (χ0) is 15.4. The van der Waals surface area contributed by atoms with Gasteiger partial charge in [-0.1, -0.05) is 18.5 Å². The van der Waals surface area contributed by atoms with Gasteiger partial charge in [0.15, 0.2) is 0 Å². The third-order valence-electron chi connectivity index (χ3n) is 3.33. The second kappa shape index (κ2) is 6.92. The minimum Gasteiger partial charge on any atom is -0.438 e. The molecule has 0 spiro atoms. The lowest BCUT2D eigenvalue weighted by atomic mass is 10.1. The average molecular weight is 305 g/mol. The Morgan fingerprint density at radius 2 is 1.90 bits per heavy atom. The van der Waals surface area contributed by atoms with Crippen molar-refractivity contribution in [3.05, 3.63) is 51.7 Å². The zero-order valence-corrected chi connectivity index (χ0v) is 13.7. The molecule has 21 heavy (non-hydrogen) atoms. The summed E-state index contributed by atoms with van der Waals surface area (Å²) in [6.07, 6.45) is 0. The molecule has 0 aliphatic carbocycles. The Labute approximate surface area is 131 Å². The number of nitrogens with one attached hydrogen (secondary N) is 1. The van der Waals surface area contributed by atoms with Gasteiger partial charge in [-0.2, -0.15) is 0 Å². The summed E-state index contributed by atoms with van der Waals surface area (Å²) in [4.78, 5) is 4.55. The molecule has 0 atom stereocenters. The largest absolute Gasteiger partial charge is 0.438 e. The number of nitrogens with zero attached hydrogens (tertiary/aromatic N) is 1. The molecule has 0 unspecified atom stereocenters. The lowest BCUT2D eigenvalue weighted by Gasteiger charge is -2.15. The van der Waals surface area contributed by atoms with E-state index in [1.165, 1.54) is 5.56 Å². The van der Waals surface area contributed by atoms with E-state index < -0.39 is 0 Å². The normalized spacial score (nSPS) is 10.7. The predicted molar refractivity (Wildman–Crippen MR) is 87.4 cm³/mol. The summed E-state index contributed by atoms with van der Waals surface area (Å²) >= 11 is 5.99. The second-order valence-electron chi connectivity index (χ2n) is 5.16. The maximum absolute atomic E-state index is 6.04. The fourth-order valence-corrected chi connectivity index (χ4v) is 2.44. The quantitative estimate of drug-likeness (QED) is 0.879. The molecule has 0 bridgehead atoms. The van der Waals surface area contributed by atoms with Crippen molar-refractivity contribution in [3.63, 3.8) is 0 Å². The highest BCUT2D eigenvalue weighted by Crippen LogP contribution is 2.30. The minimum absolute atomic E-state index is 0.666. The SMILES string of the molecule is CCNCc1c(C)cc(C)nc1Oc1ccc(Cl)cc1C. The van der Waals surface area contributed by atoms with Crippen molar-refractivity contribution in [1.29, 1.82) is 0 Å². The van der Waals surface area contributed by atoms with Crippen molar-refractivity contribution in [1.82, 2.24) is 10.3 Å². The van der Waals surface area contributed by atoms with Crippen molar-refractivity contribution in [2.75, 3.05) is 6.54 Å². The molecule has 1 N–H and O–H groups in total. The van der Waals surface area contributed by atoms with Crippen LogP contribution in [0, 0.1) is 20.8 Å². The van der Waals surface area contributed by atoms with Gasteiger partial charge in [-0.3, -0.25) is 0 Å². The first-order valence-corrected chi connectivity index (χ1v) is 7.51. The molecule has 0 fully saturated rings. The maximum Gasteiger partial charge on any atom is 0.224 e. The lowest BCUT2D eigenvalue weighted by Crippen LogP contribution is -2.14. The van der Waals surface area contributed by atoms with E-state index >= 15 is 0 Å². The van der Waals surface area contributed by atoms with Crippen LogP contribution < -0.4 is 10.1 Å². The number of aromatic nitrogens is 1. The van der Waals surface area contributed by atoms with E-state index in [4.69, 9.17) is 16.3 Å². The van der Waals surface area contributed by atoms with E-state index in [1.807, 2.05) is 32.0 Å². The standard InChI is InChI=1S/C17H21ClN2O/c1-5-19-10-15-11(2)8-13(4)20-17(15)21-16-7-6-14(18)9-12(16)3/h6-9,19H,5,10H2,1-4H3. The molecule has 1 heterocycles. The number of halogens is 1. The van der Waals surface area contributed by atoms with Crippen LogP contribution in [0.4, 0.5) is 0 Å². The first kappa shape index (κ1) is 15.8. The van der Waals surface area contributed by atoms with Crippen molar-refractivity contribution in [2.24, 2.45) is 0 Å². The highest BCUT2D eigenvalue weighted by atomic mass is 35.5. The van der Waals surface area contributed by atoms with Crippen molar-refractivity contribution < 1.29 is 4.74 Å². The molecule has 0 aliphatic heterocycles. The smallest absolute Gasteiger partial charge is 0.224 e. The molecular weight excluding hydrogens is 284 g/mol. The van der Waals surface area contributed by atoms with Crippen LogP contribution in [0.5, 0.6) is 11.6 Å². The van der Waals surface area contributed by atoms with Gasteiger partial charge < -0.3 is 10.1 Å². The Bertz CT molecular complexity index is 641. The molecule has 0 saturated heterocycles. The monoisotopic (exact) mass is 304 g/mol. The van der Waals surface area contributed by atoms with E-state index in [2.05, 4.69) is 30.2 Å². The van der Waals surface area contributed by atoms with E-state index in [-0.39, 0.29) is 0 Å². The topological polar surface area (TPSA) is 34.2 Å². The zero-order valence-electron chi connectivity index (χ0n) is 13.0. The Morgan fingerprint density at radius 1 is 1.14 bits per heavy atom.